The van der Waals surface area contributed by atoms with Crippen LogP contribution in [0.15, 0.2) is 42.5 Å². The fourth-order valence-electron chi connectivity index (χ4n) is 2.07. The molecule has 0 aliphatic rings. The Labute approximate surface area is 133 Å². The third-order valence-corrected chi connectivity index (χ3v) is 3.27. The molecule has 0 heterocycles. The van der Waals surface area contributed by atoms with Gasteiger partial charge < -0.3 is 19.9 Å². The minimum absolute atomic E-state index is 0.147. The average Bonchev–Trinajstić information content (AvgIpc) is 2.54. The van der Waals surface area contributed by atoms with E-state index >= 15 is 0 Å². The van der Waals surface area contributed by atoms with Gasteiger partial charge in [0.2, 0.25) is 0 Å². The molecule has 120 valence electrons. The molecule has 0 atom stereocenters. The number of benzene rings is 2. The minimum atomic E-state index is -1.04. The quantitative estimate of drug-likeness (QED) is 0.856. The van der Waals surface area contributed by atoms with E-state index in [1.165, 1.54) is 13.2 Å². The van der Waals surface area contributed by atoms with Crippen molar-refractivity contribution in [3.05, 3.63) is 53.6 Å². The Bertz CT molecular complexity index is 727. The smallest absolute Gasteiger partial charge is 0.336 e. The van der Waals surface area contributed by atoms with Crippen molar-refractivity contribution < 1.29 is 24.2 Å². The van der Waals surface area contributed by atoms with E-state index in [9.17, 15) is 9.59 Å². The summed E-state index contributed by atoms with van der Waals surface area (Å²) in [6.45, 7) is 1.43. The Kier molecular flexibility index (Phi) is 5.19. The maximum atomic E-state index is 12.0. The first kappa shape index (κ1) is 16.4. The summed E-state index contributed by atoms with van der Waals surface area (Å²) in [6.07, 6.45) is 0. The van der Waals surface area contributed by atoms with Crippen molar-refractivity contribution in [1.82, 2.24) is 0 Å². The van der Waals surface area contributed by atoms with Crippen LogP contribution in [0.2, 0.25) is 0 Å². The van der Waals surface area contributed by atoms with Crippen molar-refractivity contribution in [2.75, 3.05) is 19.0 Å². The lowest BCUT2D eigenvalue weighted by molar-refractivity contribution is -0.118. The van der Waals surface area contributed by atoms with Crippen LogP contribution in [0, 0.1) is 6.92 Å². The number of amides is 1. The molecule has 0 radical (unpaired) electrons. The zero-order valence-electron chi connectivity index (χ0n) is 12.8. The zero-order valence-corrected chi connectivity index (χ0v) is 12.8. The molecule has 0 bridgehead atoms. The number of carbonyl (C=O) groups excluding carboxylic acids is 1. The highest BCUT2D eigenvalue weighted by Gasteiger charge is 2.13. The third kappa shape index (κ3) is 4.00. The van der Waals surface area contributed by atoms with Gasteiger partial charge in [-0.1, -0.05) is 18.2 Å². The first-order valence-corrected chi connectivity index (χ1v) is 6.91. The predicted octanol–water partition coefficient (Wildman–Crippen LogP) is 2.72. The molecule has 0 aliphatic heterocycles. The van der Waals surface area contributed by atoms with Gasteiger partial charge in [0.15, 0.2) is 18.1 Å². The Morgan fingerprint density at radius 1 is 1.09 bits per heavy atom. The van der Waals surface area contributed by atoms with Gasteiger partial charge in [0, 0.05) is 5.69 Å². The van der Waals surface area contributed by atoms with E-state index in [1.807, 2.05) is 0 Å². The van der Waals surface area contributed by atoms with Crippen molar-refractivity contribution in [1.29, 1.82) is 0 Å². The molecule has 2 aromatic carbocycles. The molecule has 0 unspecified atom stereocenters. The Hall–Kier alpha value is -3.02. The lowest BCUT2D eigenvalue weighted by Gasteiger charge is -2.12. The lowest BCUT2D eigenvalue weighted by atomic mass is 10.1. The van der Waals surface area contributed by atoms with Crippen LogP contribution in [0.1, 0.15) is 15.9 Å². The van der Waals surface area contributed by atoms with Gasteiger partial charge in [-0.25, -0.2) is 4.79 Å². The van der Waals surface area contributed by atoms with Crippen molar-refractivity contribution in [3.8, 4) is 11.5 Å². The Balaban J connectivity index is 2.03. The molecule has 6 heteroatoms. The summed E-state index contributed by atoms with van der Waals surface area (Å²) in [7, 11) is 1.52. The second-order valence-corrected chi connectivity index (χ2v) is 4.77. The van der Waals surface area contributed by atoms with E-state index in [0.717, 1.165) is 0 Å². The van der Waals surface area contributed by atoms with Crippen LogP contribution >= 0.6 is 0 Å². The highest BCUT2D eigenvalue weighted by Crippen LogP contribution is 2.25. The summed E-state index contributed by atoms with van der Waals surface area (Å²) < 4.78 is 10.6. The Morgan fingerprint density at radius 3 is 2.43 bits per heavy atom. The van der Waals surface area contributed by atoms with E-state index < -0.39 is 5.97 Å². The van der Waals surface area contributed by atoms with Gasteiger partial charge in [-0.05, 0) is 36.8 Å². The molecule has 0 fully saturated rings. The van der Waals surface area contributed by atoms with Gasteiger partial charge in [-0.15, -0.1) is 0 Å². The van der Waals surface area contributed by atoms with Crippen molar-refractivity contribution in [2.45, 2.75) is 6.92 Å². The number of carboxylic acids is 1. The zero-order chi connectivity index (χ0) is 16.8. The highest BCUT2D eigenvalue weighted by molar-refractivity contribution is 5.96. The molecule has 2 rings (SSSR count). The van der Waals surface area contributed by atoms with Gasteiger partial charge >= 0.3 is 5.97 Å². The summed E-state index contributed by atoms with van der Waals surface area (Å²) in [6, 6.07) is 11.7. The largest absolute Gasteiger partial charge is 0.493 e. The molecule has 2 aromatic rings. The molecule has 0 saturated carbocycles. The summed E-state index contributed by atoms with van der Waals surface area (Å²) >= 11 is 0. The molecule has 0 saturated heterocycles. The summed E-state index contributed by atoms with van der Waals surface area (Å²) in [5.74, 6) is -0.434. The first-order valence-electron chi connectivity index (χ1n) is 6.91. The number of para-hydroxylation sites is 2. The van der Waals surface area contributed by atoms with E-state index in [1.54, 1.807) is 43.3 Å². The van der Waals surface area contributed by atoms with Crippen LogP contribution in [-0.4, -0.2) is 30.7 Å². The second-order valence-electron chi connectivity index (χ2n) is 4.77. The van der Waals surface area contributed by atoms with Gasteiger partial charge in [0.05, 0.1) is 12.7 Å². The van der Waals surface area contributed by atoms with Crippen molar-refractivity contribution in [3.63, 3.8) is 0 Å². The van der Waals surface area contributed by atoms with Crippen LogP contribution in [0.5, 0.6) is 11.5 Å². The van der Waals surface area contributed by atoms with Crippen LogP contribution < -0.4 is 14.8 Å². The number of hydrogen-bond acceptors (Lipinski definition) is 4. The molecule has 1 amide bonds. The maximum absolute atomic E-state index is 12.0. The molecule has 0 aromatic heterocycles. The average molecular weight is 315 g/mol. The summed E-state index contributed by atoms with van der Waals surface area (Å²) in [4.78, 5) is 23.1. The highest BCUT2D eigenvalue weighted by atomic mass is 16.5. The summed E-state index contributed by atoms with van der Waals surface area (Å²) in [5, 5.41) is 11.7. The molecule has 6 nitrogen and oxygen atoms in total. The molecule has 2 N–H and O–H groups in total. The van der Waals surface area contributed by atoms with Gasteiger partial charge in [0.25, 0.3) is 5.91 Å². The first-order chi connectivity index (χ1) is 11.0. The fraction of sp³-hybridized carbons (Fsp3) is 0.176. The standard InChI is InChI=1S/C17H17NO5/c1-11-12(17(20)21)6-5-7-13(11)18-16(19)10-23-15-9-4-3-8-14(15)22-2/h3-9H,10H2,1-2H3,(H,18,19)(H,20,21). The minimum Gasteiger partial charge on any atom is -0.493 e. The molecule has 0 aliphatic carbocycles. The number of hydrogen-bond donors (Lipinski definition) is 2. The number of carbonyl (C=O) groups is 2. The van der Waals surface area contributed by atoms with Crippen molar-refractivity contribution >= 4 is 17.6 Å². The van der Waals surface area contributed by atoms with Crippen LogP contribution in [0.3, 0.4) is 0 Å². The number of aromatic carboxylic acids is 1. The van der Waals surface area contributed by atoms with Crippen LogP contribution in [0.25, 0.3) is 0 Å². The van der Waals surface area contributed by atoms with Crippen LogP contribution in [-0.2, 0) is 4.79 Å². The number of rotatable bonds is 6. The topological polar surface area (TPSA) is 84.9 Å². The third-order valence-electron chi connectivity index (χ3n) is 3.27. The van der Waals surface area contributed by atoms with E-state index in [0.29, 0.717) is 22.7 Å². The fourth-order valence-corrected chi connectivity index (χ4v) is 2.07. The molecular weight excluding hydrogens is 298 g/mol. The van der Waals surface area contributed by atoms with E-state index in [4.69, 9.17) is 14.6 Å². The number of nitrogens with one attached hydrogen (secondary N) is 1. The van der Waals surface area contributed by atoms with Gasteiger partial charge in [0.1, 0.15) is 0 Å². The molecular formula is C17H17NO5. The number of ether oxygens (including phenoxy) is 2. The number of carboxylic acid groups (broad SMARTS) is 1. The molecule has 23 heavy (non-hydrogen) atoms. The maximum Gasteiger partial charge on any atom is 0.336 e. The van der Waals surface area contributed by atoms with Gasteiger partial charge in [-0.3, -0.25) is 4.79 Å². The molecule has 0 spiro atoms. The SMILES string of the molecule is COc1ccccc1OCC(=O)Nc1cccc(C(=O)O)c1C. The van der Waals surface area contributed by atoms with Gasteiger partial charge in [-0.2, -0.15) is 0 Å². The predicted molar refractivity (Wildman–Crippen MR) is 85.3 cm³/mol. The number of anilines is 1. The van der Waals surface area contributed by atoms with Crippen molar-refractivity contribution in [2.24, 2.45) is 0 Å². The normalized spacial score (nSPS) is 10.0. The Morgan fingerprint density at radius 2 is 1.78 bits per heavy atom. The number of methoxy groups -OCH3 is 1. The van der Waals surface area contributed by atoms with Crippen LogP contribution in [0.4, 0.5) is 5.69 Å². The second kappa shape index (κ2) is 7.31. The van der Waals surface area contributed by atoms with E-state index in [-0.39, 0.29) is 18.1 Å². The monoisotopic (exact) mass is 315 g/mol. The lowest BCUT2D eigenvalue weighted by Crippen LogP contribution is -2.21. The summed E-state index contributed by atoms with van der Waals surface area (Å²) in [5.41, 5.74) is 1.08. The van der Waals surface area contributed by atoms with E-state index in [2.05, 4.69) is 5.32 Å².